The molecule has 0 saturated carbocycles. The molecule has 1 heterocycles. The Hall–Kier alpha value is -2.30. The maximum atomic E-state index is 12.1. The summed E-state index contributed by atoms with van der Waals surface area (Å²) in [6.07, 6.45) is 4.66. The summed E-state index contributed by atoms with van der Waals surface area (Å²) in [6, 6.07) is 6.90. The molecule has 1 aliphatic rings. The molecule has 0 saturated heterocycles. The number of anilines is 1. The van der Waals surface area contributed by atoms with Crippen LogP contribution in [0.3, 0.4) is 0 Å². The van der Waals surface area contributed by atoms with Crippen LogP contribution in [-0.2, 0) is 4.79 Å². The number of carbonyl (C=O) groups is 2. The van der Waals surface area contributed by atoms with E-state index in [1.54, 1.807) is 18.2 Å². The SMILES string of the molecule is C/C=C/CCNC(=O)N1CC(C(=O)O)c2ccccc21. The highest BCUT2D eigenvalue weighted by molar-refractivity contribution is 5.98. The van der Waals surface area contributed by atoms with E-state index in [0.717, 1.165) is 6.42 Å². The van der Waals surface area contributed by atoms with Crippen LogP contribution in [-0.4, -0.2) is 30.2 Å². The first-order chi connectivity index (χ1) is 9.65. The van der Waals surface area contributed by atoms with Crippen LogP contribution in [0.5, 0.6) is 0 Å². The zero-order chi connectivity index (χ0) is 14.5. The van der Waals surface area contributed by atoms with Gasteiger partial charge in [-0.25, -0.2) is 4.79 Å². The third-order valence-electron chi connectivity index (χ3n) is 3.33. The number of para-hydroxylation sites is 1. The highest BCUT2D eigenvalue weighted by Gasteiger charge is 2.36. The van der Waals surface area contributed by atoms with E-state index in [1.807, 2.05) is 25.1 Å². The van der Waals surface area contributed by atoms with Crippen molar-refractivity contribution in [2.24, 2.45) is 0 Å². The standard InChI is InChI=1S/C15H18N2O3/c1-2-3-6-9-16-15(20)17-10-12(14(18)19)11-7-4-5-8-13(11)17/h2-5,7-8,12H,6,9-10H2,1H3,(H,16,20)(H,18,19)/b3-2+. The number of hydrogen-bond acceptors (Lipinski definition) is 2. The van der Waals surface area contributed by atoms with E-state index in [0.29, 0.717) is 17.8 Å². The molecule has 0 spiro atoms. The van der Waals surface area contributed by atoms with Crippen molar-refractivity contribution in [3.63, 3.8) is 0 Å². The summed E-state index contributed by atoms with van der Waals surface area (Å²) in [5.41, 5.74) is 1.38. The zero-order valence-electron chi connectivity index (χ0n) is 11.4. The molecular weight excluding hydrogens is 256 g/mol. The zero-order valence-corrected chi connectivity index (χ0v) is 11.4. The van der Waals surface area contributed by atoms with Gasteiger partial charge in [-0.05, 0) is 25.0 Å². The number of urea groups is 1. The second-order valence-electron chi connectivity index (χ2n) is 4.65. The van der Waals surface area contributed by atoms with E-state index in [4.69, 9.17) is 0 Å². The van der Waals surface area contributed by atoms with Gasteiger partial charge in [0.1, 0.15) is 5.92 Å². The Labute approximate surface area is 117 Å². The largest absolute Gasteiger partial charge is 0.481 e. The first kappa shape index (κ1) is 14.1. The lowest BCUT2D eigenvalue weighted by molar-refractivity contribution is -0.138. The summed E-state index contributed by atoms with van der Waals surface area (Å²) in [5.74, 6) is -1.55. The molecule has 2 N–H and O–H groups in total. The van der Waals surface area contributed by atoms with Crippen LogP contribution in [0, 0.1) is 0 Å². The predicted octanol–water partition coefficient (Wildman–Crippen LogP) is 2.35. The number of nitrogens with one attached hydrogen (secondary N) is 1. The highest BCUT2D eigenvalue weighted by atomic mass is 16.4. The maximum absolute atomic E-state index is 12.1. The Morgan fingerprint density at radius 2 is 2.20 bits per heavy atom. The second kappa shape index (κ2) is 6.23. The van der Waals surface area contributed by atoms with Gasteiger partial charge in [0.15, 0.2) is 0 Å². The number of nitrogens with zero attached hydrogens (tertiary/aromatic N) is 1. The number of amides is 2. The summed E-state index contributed by atoms with van der Waals surface area (Å²) < 4.78 is 0. The number of hydrogen-bond donors (Lipinski definition) is 2. The summed E-state index contributed by atoms with van der Waals surface area (Å²) in [4.78, 5) is 24.9. The molecule has 1 aliphatic heterocycles. The molecule has 1 atom stereocenters. The first-order valence-corrected chi connectivity index (χ1v) is 6.63. The minimum Gasteiger partial charge on any atom is -0.481 e. The quantitative estimate of drug-likeness (QED) is 0.654. The summed E-state index contributed by atoms with van der Waals surface area (Å²) >= 11 is 0. The van der Waals surface area contributed by atoms with Crippen molar-refractivity contribution in [3.8, 4) is 0 Å². The van der Waals surface area contributed by atoms with E-state index in [1.165, 1.54) is 4.90 Å². The van der Waals surface area contributed by atoms with Crippen molar-refractivity contribution in [1.82, 2.24) is 5.32 Å². The second-order valence-corrected chi connectivity index (χ2v) is 4.65. The number of carbonyl (C=O) groups excluding carboxylic acids is 1. The fourth-order valence-corrected chi connectivity index (χ4v) is 2.34. The molecule has 5 heteroatoms. The molecule has 106 valence electrons. The van der Waals surface area contributed by atoms with Gasteiger partial charge in [-0.15, -0.1) is 0 Å². The molecule has 20 heavy (non-hydrogen) atoms. The van der Waals surface area contributed by atoms with Crippen molar-refractivity contribution >= 4 is 17.7 Å². The molecule has 1 unspecified atom stereocenters. The summed E-state index contributed by atoms with van der Waals surface area (Å²) in [6.45, 7) is 2.65. The van der Waals surface area contributed by atoms with Gasteiger partial charge in [-0.2, -0.15) is 0 Å². The van der Waals surface area contributed by atoms with Crippen LogP contribution in [0.1, 0.15) is 24.8 Å². The Morgan fingerprint density at radius 1 is 1.45 bits per heavy atom. The van der Waals surface area contributed by atoms with E-state index < -0.39 is 11.9 Å². The van der Waals surface area contributed by atoms with Crippen molar-refractivity contribution < 1.29 is 14.7 Å². The highest BCUT2D eigenvalue weighted by Crippen LogP contribution is 2.36. The van der Waals surface area contributed by atoms with E-state index in [-0.39, 0.29) is 12.6 Å². The third kappa shape index (κ3) is 2.82. The number of rotatable bonds is 4. The molecule has 5 nitrogen and oxygen atoms in total. The van der Waals surface area contributed by atoms with Crippen LogP contribution >= 0.6 is 0 Å². The van der Waals surface area contributed by atoms with E-state index in [9.17, 15) is 14.7 Å². The Bertz CT molecular complexity index is 540. The molecule has 0 aliphatic carbocycles. The average molecular weight is 274 g/mol. The smallest absolute Gasteiger partial charge is 0.321 e. The number of carboxylic acids is 1. The van der Waals surface area contributed by atoms with Gasteiger partial charge in [0.25, 0.3) is 0 Å². The van der Waals surface area contributed by atoms with Gasteiger partial charge < -0.3 is 10.4 Å². The molecule has 0 fully saturated rings. The van der Waals surface area contributed by atoms with E-state index >= 15 is 0 Å². The Balaban J connectivity index is 2.10. The van der Waals surface area contributed by atoms with Crippen LogP contribution in [0.15, 0.2) is 36.4 Å². The van der Waals surface area contributed by atoms with Gasteiger partial charge >= 0.3 is 12.0 Å². The van der Waals surface area contributed by atoms with Crippen LogP contribution in [0.4, 0.5) is 10.5 Å². The topological polar surface area (TPSA) is 69.6 Å². The predicted molar refractivity (Wildman–Crippen MR) is 77.0 cm³/mol. The number of allylic oxidation sites excluding steroid dienone is 1. The number of fused-ring (bicyclic) bond motifs is 1. The molecule has 2 rings (SSSR count). The van der Waals surface area contributed by atoms with Crippen LogP contribution in [0.25, 0.3) is 0 Å². The van der Waals surface area contributed by atoms with Gasteiger partial charge in [0.2, 0.25) is 0 Å². The van der Waals surface area contributed by atoms with Gasteiger partial charge in [-0.3, -0.25) is 9.69 Å². The number of benzene rings is 1. The van der Waals surface area contributed by atoms with Crippen molar-refractivity contribution in [2.45, 2.75) is 19.3 Å². The lowest BCUT2D eigenvalue weighted by atomic mass is 10.0. The third-order valence-corrected chi connectivity index (χ3v) is 3.33. The van der Waals surface area contributed by atoms with Crippen molar-refractivity contribution in [3.05, 3.63) is 42.0 Å². The molecule has 2 amide bonds. The number of carboxylic acid groups (broad SMARTS) is 1. The minimum absolute atomic E-state index is 0.185. The van der Waals surface area contributed by atoms with Crippen molar-refractivity contribution in [1.29, 1.82) is 0 Å². The number of aliphatic carboxylic acids is 1. The van der Waals surface area contributed by atoms with Crippen molar-refractivity contribution in [2.75, 3.05) is 18.0 Å². The molecule has 0 radical (unpaired) electrons. The molecule has 0 aromatic heterocycles. The summed E-state index contributed by atoms with van der Waals surface area (Å²) in [7, 11) is 0. The fourth-order valence-electron chi connectivity index (χ4n) is 2.34. The summed E-state index contributed by atoms with van der Waals surface area (Å²) in [5, 5.41) is 12.0. The van der Waals surface area contributed by atoms with Crippen LogP contribution < -0.4 is 10.2 Å². The van der Waals surface area contributed by atoms with Gasteiger partial charge in [-0.1, -0.05) is 30.4 Å². The monoisotopic (exact) mass is 274 g/mol. The van der Waals surface area contributed by atoms with E-state index in [2.05, 4.69) is 5.32 Å². The normalized spacial score (nSPS) is 17.2. The Morgan fingerprint density at radius 3 is 2.90 bits per heavy atom. The Kier molecular flexibility index (Phi) is 4.40. The lowest BCUT2D eigenvalue weighted by Crippen LogP contribution is -2.40. The van der Waals surface area contributed by atoms with Crippen LogP contribution in [0.2, 0.25) is 0 Å². The maximum Gasteiger partial charge on any atom is 0.321 e. The molecule has 1 aromatic rings. The van der Waals surface area contributed by atoms with Gasteiger partial charge in [0, 0.05) is 18.8 Å². The molecular formula is C15H18N2O3. The average Bonchev–Trinajstić information content (AvgIpc) is 2.83. The first-order valence-electron chi connectivity index (χ1n) is 6.63. The molecule has 0 bridgehead atoms. The molecule has 1 aromatic carbocycles. The minimum atomic E-state index is -0.901. The van der Waals surface area contributed by atoms with Gasteiger partial charge in [0.05, 0.1) is 0 Å². The lowest BCUT2D eigenvalue weighted by Gasteiger charge is -2.17. The fraction of sp³-hybridized carbons (Fsp3) is 0.333.